The van der Waals surface area contributed by atoms with Gasteiger partial charge in [-0.2, -0.15) is 0 Å². The summed E-state index contributed by atoms with van der Waals surface area (Å²) in [5.74, 6) is -0.164. The SMILES string of the molecule is Cc1cccc(C)c1NC(=O)CN1CCN(CCC(=O)Nc2ccc(S(N)(=O)=O)cc2)CC1. The highest BCUT2D eigenvalue weighted by atomic mass is 32.2. The number of hydrogen-bond donors (Lipinski definition) is 3. The third-order valence-electron chi connectivity index (χ3n) is 5.70. The number of amides is 2. The van der Waals surface area contributed by atoms with E-state index in [1.54, 1.807) is 0 Å². The molecule has 2 aromatic carbocycles. The third kappa shape index (κ3) is 7.36. The van der Waals surface area contributed by atoms with Crippen molar-refractivity contribution in [1.82, 2.24) is 9.80 Å². The highest BCUT2D eigenvalue weighted by molar-refractivity contribution is 7.89. The molecule has 0 spiro atoms. The number of carbonyl (C=O) groups is 2. The van der Waals surface area contributed by atoms with Crippen molar-refractivity contribution in [2.45, 2.75) is 25.2 Å². The number of carbonyl (C=O) groups excluding carboxylic acids is 2. The van der Waals surface area contributed by atoms with E-state index in [1.165, 1.54) is 24.3 Å². The van der Waals surface area contributed by atoms with E-state index in [9.17, 15) is 18.0 Å². The number of rotatable bonds is 8. The average Bonchev–Trinajstić information content (AvgIpc) is 2.76. The topological polar surface area (TPSA) is 125 Å². The minimum Gasteiger partial charge on any atom is -0.326 e. The lowest BCUT2D eigenvalue weighted by Crippen LogP contribution is -2.49. The van der Waals surface area contributed by atoms with Crippen LogP contribution >= 0.6 is 0 Å². The van der Waals surface area contributed by atoms with Crippen LogP contribution in [0.15, 0.2) is 47.4 Å². The molecule has 1 aliphatic rings. The Balaban J connectivity index is 1.38. The van der Waals surface area contributed by atoms with Gasteiger partial charge >= 0.3 is 0 Å². The first kappa shape index (κ1) is 24.8. The van der Waals surface area contributed by atoms with E-state index in [0.717, 1.165) is 43.0 Å². The van der Waals surface area contributed by atoms with Gasteiger partial charge in [-0.15, -0.1) is 0 Å². The lowest BCUT2D eigenvalue weighted by molar-refractivity contribution is -0.117. The maximum absolute atomic E-state index is 12.5. The molecule has 0 bridgehead atoms. The molecule has 2 aromatic rings. The number of benzene rings is 2. The van der Waals surface area contributed by atoms with Crippen LogP contribution in [0.4, 0.5) is 11.4 Å². The molecule has 0 aromatic heterocycles. The average molecular weight is 474 g/mol. The van der Waals surface area contributed by atoms with E-state index in [1.807, 2.05) is 32.0 Å². The van der Waals surface area contributed by atoms with Gasteiger partial charge in [-0.25, -0.2) is 13.6 Å². The van der Waals surface area contributed by atoms with Crippen molar-refractivity contribution >= 4 is 33.2 Å². The maximum atomic E-state index is 12.5. The van der Waals surface area contributed by atoms with Crippen LogP contribution in [-0.4, -0.2) is 69.3 Å². The molecule has 1 fully saturated rings. The number of anilines is 2. The van der Waals surface area contributed by atoms with Crippen LogP contribution in [0.5, 0.6) is 0 Å². The van der Waals surface area contributed by atoms with Crippen molar-refractivity contribution in [3.63, 3.8) is 0 Å². The smallest absolute Gasteiger partial charge is 0.238 e. The Hall–Kier alpha value is -2.79. The van der Waals surface area contributed by atoms with Gasteiger partial charge in [-0.3, -0.25) is 14.5 Å². The number of aryl methyl sites for hydroxylation is 2. The van der Waals surface area contributed by atoms with Gasteiger partial charge in [-0.05, 0) is 49.2 Å². The highest BCUT2D eigenvalue weighted by Gasteiger charge is 2.20. The molecule has 0 atom stereocenters. The molecule has 10 heteroatoms. The Morgan fingerprint density at radius 3 is 2.03 bits per heavy atom. The van der Waals surface area contributed by atoms with Crippen molar-refractivity contribution in [3.8, 4) is 0 Å². The van der Waals surface area contributed by atoms with Gasteiger partial charge < -0.3 is 15.5 Å². The number of nitrogens with zero attached hydrogens (tertiary/aromatic N) is 2. The Bertz CT molecular complexity index is 1070. The molecular formula is C23H31N5O4S. The summed E-state index contributed by atoms with van der Waals surface area (Å²) in [5, 5.41) is 10.9. The number of piperazine rings is 1. The Kier molecular flexibility index (Phi) is 8.20. The van der Waals surface area contributed by atoms with Crippen LogP contribution in [0.2, 0.25) is 0 Å². The first-order valence-electron chi connectivity index (χ1n) is 10.9. The molecule has 1 aliphatic heterocycles. The van der Waals surface area contributed by atoms with E-state index in [4.69, 9.17) is 5.14 Å². The number of primary sulfonamides is 1. The number of para-hydroxylation sites is 1. The van der Waals surface area contributed by atoms with Crippen LogP contribution in [0, 0.1) is 13.8 Å². The van der Waals surface area contributed by atoms with E-state index in [2.05, 4.69) is 20.4 Å². The molecule has 0 radical (unpaired) electrons. The molecule has 33 heavy (non-hydrogen) atoms. The minimum absolute atomic E-state index is 0.00101. The molecule has 0 saturated carbocycles. The zero-order valence-corrected chi connectivity index (χ0v) is 19.8. The lowest BCUT2D eigenvalue weighted by Gasteiger charge is -2.34. The Morgan fingerprint density at radius 1 is 0.879 bits per heavy atom. The molecule has 0 unspecified atom stereocenters. The fraction of sp³-hybridized carbons (Fsp3) is 0.391. The van der Waals surface area contributed by atoms with Gasteiger partial charge in [0.1, 0.15) is 0 Å². The Morgan fingerprint density at radius 2 is 1.45 bits per heavy atom. The van der Waals surface area contributed by atoms with E-state index in [-0.39, 0.29) is 16.7 Å². The molecule has 178 valence electrons. The van der Waals surface area contributed by atoms with Crippen LogP contribution in [0.25, 0.3) is 0 Å². The van der Waals surface area contributed by atoms with Crippen LogP contribution in [0.3, 0.4) is 0 Å². The molecular weight excluding hydrogens is 442 g/mol. The number of sulfonamides is 1. The summed E-state index contributed by atoms with van der Waals surface area (Å²) in [6, 6.07) is 11.7. The molecule has 3 rings (SSSR count). The summed E-state index contributed by atoms with van der Waals surface area (Å²) in [6.07, 6.45) is 0.323. The largest absolute Gasteiger partial charge is 0.326 e. The van der Waals surface area contributed by atoms with Gasteiger partial charge in [0.2, 0.25) is 21.8 Å². The van der Waals surface area contributed by atoms with Crippen molar-refractivity contribution < 1.29 is 18.0 Å². The van der Waals surface area contributed by atoms with E-state index in [0.29, 0.717) is 25.2 Å². The molecule has 1 saturated heterocycles. The first-order chi connectivity index (χ1) is 15.6. The second-order valence-electron chi connectivity index (χ2n) is 8.30. The zero-order valence-electron chi connectivity index (χ0n) is 19.0. The summed E-state index contributed by atoms with van der Waals surface area (Å²) in [6.45, 7) is 8.02. The predicted molar refractivity (Wildman–Crippen MR) is 128 cm³/mol. The van der Waals surface area contributed by atoms with Gasteiger partial charge in [0.25, 0.3) is 0 Å². The zero-order chi connectivity index (χ0) is 24.0. The van der Waals surface area contributed by atoms with Crippen LogP contribution < -0.4 is 15.8 Å². The molecule has 2 amide bonds. The van der Waals surface area contributed by atoms with Crippen LogP contribution in [0.1, 0.15) is 17.5 Å². The summed E-state index contributed by atoms with van der Waals surface area (Å²) in [7, 11) is -3.75. The molecule has 9 nitrogen and oxygen atoms in total. The first-order valence-corrected chi connectivity index (χ1v) is 12.4. The van der Waals surface area contributed by atoms with Gasteiger partial charge in [0, 0.05) is 50.5 Å². The highest BCUT2D eigenvalue weighted by Crippen LogP contribution is 2.19. The monoisotopic (exact) mass is 473 g/mol. The molecule has 4 N–H and O–H groups in total. The number of nitrogens with one attached hydrogen (secondary N) is 2. The van der Waals surface area contributed by atoms with Crippen molar-refractivity contribution in [2.24, 2.45) is 5.14 Å². The second kappa shape index (κ2) is 10.9. The number of hydrogen-bond acceptors (Lipinski definition) is 6. The standard InChI is InChI=1S/C23H31N5O4S/c1-17-4-3-5-18(2)23(17)26-22(30)16-28-14-12-27(13-15-28)11-10-21(29)25-19-6-8-20(9-7-19)33(24,31)32/h3-9H,10-16H2,1-2H3,(H,25,29)(H,26,30)(H2,24,31,32). The van der Waals surface area contributed by atoms with E-state index >= 15 is 0 Å². The van der Waals surface area contributed by atoms with E-state index < -0.39 is 10.0 Å². The fourth-order valence-corrected chi connectivity index (χ4v) is 4.29. The second-order valence-corrected chi connectivity index (χ2v) is 9.86. The summed E-state index contributed by atoms with van der Waals surface area (Å²) in [5.41, 5.74) is 3.50. The molecule has 1 heterocycles. The minimum atomic E-state index is -3.75. The van der Waals surface area contributed by atoms with Crippen LogP contribution in [-0.2, 0) is 19.6 Å². The fourth-order valence-electron chi connectivity index (χ4n) is 3.78. The van der Waals surface area contributed by atoms with Crippen molar-refractivity contribution in [2.75, 3.05) is 49.9 Å². The maximum Gasteiger partial charge on any atom is 0.238 e. The summed E-state index contributed by atoms with van der Waals surface area (Å²) in [4.78, 5) is 29.0. The Labute approximate surface area is 195 Å². The predicted octanol–water partition coefficient (Wildman–Crippen LogP) is 1.54. The quantitative estimate of drug-likeness (QED) is 0.534. The van der Waals surface area contributed by atoms with Crippen molar-refractivity contribution in [1.29, 1.82) is 0 Å². The normalized spacial score (nSPS) is 15.2. The summed E-state index contributed by atoms with van der Waals surface area (Å²) >= 11 is 0. The third-order valence-corrected chi connectivity index (χ3v) is 6.63. The molecule has 0 aliphatic carbocycles. The summed E-state index contributed by atoms with van der Waals surface area (Å²) < 4.78 is 22.6. The van der Waals surface area contributed by atoms with Gasteiger partial charge in [-0.1, -0.05) is 18.2 Å². The van der Waals surface area contributed by atoms with Gasteiger partial charge in [0.05, 0.1) is 11.4 Å². The lowest BCUT2D eigenvalue weighted by atomic mass is 10.1. The van der Waals surface area contributed by atoms with Crippen molar-refractivity contribution in [3.05, 3.63) is 53.6 Å². The van der Waals surface area contributed by atoms with Gasteiger partial charge in [0.15, 0.2) is 0 Å². The number of nitrogens with two attached hydrogens (primary N) is 1.